The van der Waals surface area contributed by atoms with Gasteiger partial charge in [0.25, 0.3) is 0 Å². The molecule has 2 nitrogen and oxygen atoms in total. The predicted molar refractivity (Wildman–Crippen MR) is 68.2 cm³/mol. The summed E-state index contributed by atoms with van der Waals surface area (Å²) >= 11 is 0. The Bertz CT molecular complexity index is 269. The highest BCUT2D eigenvalue weighted by atomic mass is 16.3. The van der Waals surface area contributed by atoms with Crippen LogP contribution in [-0.4, -0.2) is 17.8 Å². The largest absolute Gasteiger partial charge is 0.392 e. The molecule has 0 amide bonds. The third-order valence-electron chi connectivity index (χ3n) is 3.12. The average molecular weight is 221 g/mol. The topological polar surface area (TPSA) is 32.3 Å². The van der Waals surface area contributed by atoms with E-state index in [1.807, 2.05) is 18.2 Å². The molecule has 0 heterocycles. The van der Waals surface area contributed by atoms with Crippen LogP contribution in [0.1, 0.15) is 32.3 Å². The lowest BCUT2D eigenvalue weighted by Crippen LogP contribution is -2.32. The van der Waals surface area contributed by atoms with Crippen molar-refractivity contribution in [3.63, 3.8) is 0 Å². The first-order chi connectivity index (χ1) is 7.77. The number of benzene rings is 1. The van der Waals surface area contributed by atoms with Gasteiger partial charge in [-0.15, -0.1) is 0 Å². The van der Waals surface area contributed by atoms with Crippen molar-refractivity contribution in [1.82, 2.24) is 5.32 Å². The van der Waals surface area contributed by atoms with E-state index < -0.39 is 0 Å². The van der Waals surface area contributed by atoms with E-state index in [1.165, 1.54) is 5.56 Å². The van der Waals surface area contributed by atoms with Crippen molar-refractivity contribution in [1.29, 1.82) is 0 Å². The van der Waals surface area contributed by atoms with Crippen LogP contribution < -0.4 is 5.32 Å². The van der Waals surface area contributed by atoms with Gasteiger partial charge in [0.1, 0.15) is 0 Å². The SMILES string of the molecule is CCC(CC)C(O)CNCc1ccccc1. The Hall–Kier alpha value is -0.860. The summed E-state index contributed by atoms with van der Waals surface area (Å²) in [5.41, 5.74) is 1.26. The number of aliphatic hydroxyl groups is 1. The van der Waals surface area contributed by atoms with Crippen molar-refractivity contribution >= 4 is 0 Å². The van der Waals surface area contributed by atoms with E-state index in [0.29, 0.717) is 12.5 Å². The van der Waals surface area contributed by atoms with Gasteiger partial charge in [-0.1, -0.05) is 57.0 Å². The number of nitrogens with one attached hydrogen (secondary N) is 1. The molecule has 0 bridgehead atoms. The van der Waals surface area contributed by atoms with Crippen LogP contribution in [0, 0.1) is 5.92 Å². The molecule has 1 aromatic carbocycles. The number of hydrogen-bond acceptors (Lipinski definition) is 2. The molecule has 1 unspecified atom stereocenters. The molecule has 0 fully saturated rings. The Balaban J connectivity index is 2.25. The van der Waals surface area contributed by atoms with Gasteiger partial charge in [0.05, 0.1) is 6.10 Å². The Labute approximate surface area is 98.7 Å². The maximum Gasteiger partial charge on any atom is 0.0692 e. The Morgan fingerprint density at radius 1 is 1.12 bits per heavy atom. The van der Waals surface area contributed by atoms with E-state index in [1.54, 1.807) is 0 Å². The summed E-state index contributed by atoms with van der Waals surface area (Å²) in [5, 5.41) is 13.2. The third-order valence-corrected chi connectivity index (χ3v) is 3.12. The first-order valence-corrected chi connectivity index (χ1v) is 6.20. The Morgan fingerprint density at radius 2 is 1.75 bits per heavy atom. The number of hydrogen-bond donors (Lipinski definition) is 2. The molecule has 0 saturated heterocycles. The molecular formula is C14H23NO. The molecule has 0 aliphatic heterocycles. The van der Waals surface area contributed by atoms with Gasteiger partial charge in [-0.05, 0) is 11.5 Å². The summed E-state index contributed by atoms with van der Waals surface area (Å²) in [6.45, 7) is 5.78. The van der Waals surface area contributed by atoms with E-state index in [4.69, 9.17) is 0 Å². The molecule has 2 heteroatoms. The minimum absolute atomic E-state index is 0.223. The second-order valence-corrected chi connectivity index (χ2v) is 4.26. The van der Waals surface area contributed by atoms with Crippen LogP contribution in [0.2, 0.25) is 0 Å². The number of rotatable bonds is 7. The van der Waals surface area contributed by atoms with Gasteiger partial charge in [-0.2, -0.15) is 0 Å². The zero-order valence-electron chi connectivity index (χ0n) is 10.3. The van der Waals surface area contributed by atoms with Crippen molar-refractivity contribution in [3.8, 4) is 0 Å². The lowest BCUT2D eigenvalue weighted by atomic mass is 9.96. The molecule has 16 heavy (non-hydrogen) atoms. The van der Waals surface area contributed by atoms with E-state index in [-0.39, 0.29) is 6.10 Å². The van der Waals surface area contributed by atoms with E-state index in [2.05, 4.69) is 31.3 Å². The van der Waals surface area contributed by atoms with E-state index in [9.17, 15) is 5.11 Å². The number of aliphatic hydroxyl groups excluding tert-OH is 1. The molecule has 0 radical (unpaired) electrons. The second-order valence-electron chi connectivity index (χ2n) is 4.26. The maximum atomic E-state index is 9.92. The van der Waals surface area contributed by atoms with Crippen LogP contribution in [0.3, 0.4) is 0 Å². The second kappa shape index (κ2) is 7.42. The van der Waals surface area contributed by atoms with E-state index >= 15 is 0 Å². The Morgan fingerprint density at radius 3 is 2.31 bits per heavy atom. The standard InChI is InChI=1S/C14H23NO/c1-3-13(4-2)14(16)11-15-10-12-8-6-5-7-9-12/h5-9,13-16H,3-4,10-11H2,1-2H3. The lowest BCUT2D eigenvalue weighted by molar-refractivity contribution is 0.101. The highest BCUT2D eigenvalue weighted by Crippen LogP contribution is 2.12. The molecule has 0 aliphatic carbocycles. The van der Waals surface area contributed by atoms with Crippen LogP contribution in [-0.2, 0) is 6.54 Å². The molecule has 0 saturated carbocycles. The first kappa shape index (κ1) is 13.2. The monoisotopic (exact) mass is 221 g/mol. The van der Waals surface area contributed by atoms with Gasteiger partial charge < -0.3 is 10.4 Å². The van der Waals surface area contributed by atoms with Gasteiger partial charge in [-0.3, -0.25) is 0 Å². The minimum atomic E-state index is -0.223. The van der Waals surface area contributed by atoms with Crippen molar-refractivity contribution in [2.75, 3.05) is 6.54 Å². The molecule has 1 atom stereocenters. The summed E-state index contributed by atoms with van der Waals surface area (Å²) < 4.78 is 0. The van der Waals surface area contributed by atoms with Gasteiger partial charge >= 0.3 is 0 Å². The zero-order chi connectivity index (χ0) is 11.8. The van der Waals surface area contributed by atoms with Crippen molar-refractivity contribution < 1.29 is 5.11 Å². The lowest BCUT2D eigenvalue weighted by Gasteiger charge is -2.20. The average Bonchev–Trinajstić information content (AvgIpc) is 2.32. The van der Waals surface area contributed by atoms with Crippen LogP contribution in [0.4, 0.5) is 0 Å². The molecule has 0 aromatic heterocycles. The van der Waals surface area contributed by atoms with Gasteiger partial charge in [0, 0.05) is 13.1 Å². The zero-order valence-corrected chi connectivity index (χ0v) is 10.3. The maximum absolute atomic E-state index is 9.92. The smallest absolute Gasteiger partial charge is 0.0692 e. The molecule has 90 valence electrons. The summed E-state index contributed by atoms with van der Waals surface area (Å²) in [5.74, 6) is 0.420. The molecule has 0 aliphatic rings. The highest BCUT2D eigenvalue weighted by Gasteiger charge is 2.14. The van der Waals surface area contributed by atoms with Crippen molar-refractivity contribution in [2.24, 2.45) is 5.92 Å². The Kier molecular flexibility index (Phi) is 6.12. The van der Waals surface area contributed by atoms with Gasteiger partial charge in [-0.25, -0.2) is 0 Å². The van der Waals surface area contributed by atoms with Crippen LogP contribution in [0.5, 0.6) is 0 Å². The van der Waals surface area contributed by atoms with Crippen LogP contribution >= 0.6 is 0 Å². The first-order valence-electron chi connectivity index (χ1n) is 6.20. The van der Waals surface area contributed by atoms with Crippen molar-refractivity contribution in [3.05, 3.63) is 35.9 Å². The minimum Gasteiger partial charge on any atom is -0.392 e. The predicted octanol–water partition coefficient (Wildman–Crippen LogP) is 2.57. The molecule has 1 rings (SSSR count). The molecule has 2 N–H and O–H groups in total. The molecule has 1 aromatic rings. The van der Waals surface area contributed by atoms with Crippen LogP contribution in [0.25, 0.3) is 0 Å². The van der Waals surface area contributed by atoms with Crippen LogP contribution in [0.15, 0.2) is 30.3 Å². The summed E-state index contributed by atoms with van der Waals surface area (Å²) in [6, 6.07) is 10.3. The molecule has 0 spiro atoms. The van der Waals surface area contributed by atoms with Gasteiger partial charge in [0.2, 0.25) is 0 Å². The normalized spacial score (nSPS) is 13.0. The summed E-state index contributed by atoms with van der Waals surface area (Å²) in [6.07, 6.45) is 1.87. The van der Waals surface area contributed by atoms with Crippen molar-refractivity contribution in [2.45, 2.75) is 39.3 Å². The quantitative estimate of drug-likeness (QED) is 0.741. The summed E-state index contributed by atoms with van der Waals surface area (Å²) in [4.78, 5) is 0. The molecular weight excluding hydrogens is 198 g/mol. The highest BCUT2D eigenvalue weighted by molar-refractivity contribution is 5.14. The fourth-order valence-corrected chi connectivity index (χ4v) is 1.96. The van der Waals surface area contributed by atoms with E-state index in [0.717, 1.165) is 19.4 Å². The summed E-state index contributed by atoms with van der Waals surface area (Å²) in [7, 11) is 0. The fourth-order valence-electron chi connectivity index (χ4n) is 1.96. The fraction of sp³-hybridized carbons (Fsp3) is 0.571. The third kappa shape index (κ3) is 4.33. The van der Waals surface area contributed by atoms with Gasteiger partial charge in [0.15, 0.2) is 0 Å².